The summed E-state index contributed by atoms with van der Waals surface area (Å²) in [5, 5.41) is 11.9. The van der Waals surface area contributed by atoms with E-state index in [-0.39, 0.29) is 0 Å². The van der Waals surface area contributed by atoms with E-state index in [9.17, 15) is 0 Å². The first kappa shape index (κ1) is 11.5. The Balaban J connectivity index is 2.23. The van der Waals surface area contributed by atoms with Crippen LogP contribution in [0.15, 0.2) is 46.9 Å². The van der Waals surface area contributed by atoms with E-state index in [0.717, 1.165) is 15.8 Å². The quantitative estimate of drug-likeness (QED) is 0.829. The van der Waals surface area contributed by atoms with Gasteiger partial charge in [-0.2, -0.15) is 5.26 Å². The number of nitriles is 1. The van der Waals surface area contributed by atoms with Crippen LogP contribution in [-0.2, 0) is 0 Å². The Labute approximate surface area is 108 Å². The normalized spacial score (nSPS) is 9.65. The van der Waals surface area contributed by atoms with Crippen molar-refractivity contribution in [3.05, 3.63) is 52.5 Å². The zero-order chi connectivity index (χ0) is 12.3. The molecule has 0 aromatic heterocycles. The second-order valence-electron chi connectivity index (χ2n) is 3.55. The lowest BCUT2D eigenvalue weighted by molar-refractivity contribution is 1.47. The molecule has 0 amide bonds. The van der Waals surface area contributed by atoms with Gasteiger partial charge in [0.1, 0.15) is 0 Å². The summed E-state index contributed by atoms with van der Waals surface area (Å²) < 4.78 is 0.945. The van der Waals surface area contributed by atoms with Gasteiger partial charge >= 0.3 is 0 Å². The summed E-state index contributed by atoms with van der Waals surface area (Å²) in [7, 11) is 0. The van der Waals surface area contributed by atoms with Crippen molar-refractivity contribution in [2.45, 2.75) is 0 Å². The van der Waals surface area contributed by atoms with Crippen molar-refractivity contribution in [1.29, 1.82) is 5.26 Å². The zero-order valence-corrected chi connectivity index (χ0v) is 10.5. The van der Waals surface area contributed by atoms with E-state index in [0.29, 0.717) is 11.3 Å². The molecule has 3 nitrogen and oxygen atoms in total. The lowest BCUT2D eigenvalue weighted by Crippen LogP contribution is -1.96. The van der Waals surface area contributed by atoms with Gasteiger partial charge in [-0.25, -0.2) is 0 Å². The number of rotatable bonds is 2. The summed E-state index contributed by atoms with van der Waals surface area (Å²) in [5.41, 5.74) is 8.94. The van der Waals surface area contributed by atoms with Gasteiger partial charge in [-0.1, -0.05) is 15.9 Å². The highest BCUT2D eigenvalue weighted by Gasteiger charge is 2.00. The first-order chi connectivity index (χ1) is 8.19. The Kier molecular flexibility index (Phi) is 3.31. The maximum absolute atomic E-state index is 8.70. The van der Waals surface area contributed by atoms with Gasteiger partial charge in [-0.05, 0) is 42.5 Å². The van der Waals surface area contributed by atoms with Crippen LogP contribution in [0, 0.1) is 11.3 Å². The van der Waals surface area contributed by atoms with Gasteiger partial charge in [-0.3, -0.25) is 0 Å². The van der Waals surface area contributed by atoms with Crippen LogP contribution in [0.5, 0.6) is 0 Å². The molecule has 0 unspecified atom stereocenters. The van der Waals surface area contributed by atoms with E-state index in [2.05, 4.69) is 27.3 Å². The van der Waals surface area contributed by atoms with Crippen molar-refractivity contribution in [2.75, 3.05) is 11.1 Å². The molecule has 0 aliphatic heterocycles. The van der Waals surface area contributed by atoms with E-state index in [1.807, 2.05) is 30.3 Å². The maximum atomic E-state index is 8.70. The molecular formula is C13H10BrN3. The second kappa shape index (κ2) is 4.89. The second-order valence-corrected chi connectivity index (χ2v) is 4.46. The largest absolute Gasteiger partial charge is 0.397 e. The van der Waals surface area contributed by atoms with Gasteiger partial charge in [0, 0.05) is 10.2 Å². The third kappa shape index (κ3) is 2.77. The molecule has 0 atom stereocenters. The highest BCUT2D eigenvalue weighted by Crippen LogP contribution is 2.26. The monoisotopic (exact) mass is 287 g/mol. The fraction of sp³-hybridized carbons (Fsp3) is 0. The Bertz CT molecular complexity index is 570. The van der Waals surface area contributed by atoms with E-state index >= 15 is 0 Å². The highest BCUT2D eigenvalue weighted by molar-refractivity contribution is 9.10. The van der Waals surface area contributed by atoms with Crippen LogP contribution < -0.4 is 11.1 Å². The van der Waals surface area contributed by atoms with Crippen LogP contribution in [0.1, 0.15) is 5.56 Å². The molecule has 0 spiro atoms. The van der Waals surface area contributed by atoms with Crippen LogP contribution in [-0.4, -0.2) is 0 Å². The van der Waals surface area contributed by atoms with Gasteiger partial charge in [0.2, 0.25) is 0 Å². The molecule has 0 saturated heterocycles. The number of anilines is 3. The number of hydrogen-bond donors (Lipinski definition) is 2. The molecule has 0 aliphatic rings. The van der Waals surface area contributed by atoms with Gasteiger partial charge < -0.3 is 11.1 Å². The lowest BCUT2D eigenvalue weighted by Gasteiger charge is -2.09. The van der Waals surface area contributed by atoms with Crippen molar-refractivity contribution in [1.82, 2.24) is 0 Å². The molecule has 3 N–H and O–H groups in total. The minimum atomic E-state index is 0.638. The third-order valence-electron chi connectivity index (χ3n) is 2.31. The number of hydrogen-bond acceptors (Lipinski definition) is 3. The van der Waals surface area contributed by atoms with Crippen LogP contribution in [0.4, 0.5) is 17.1 Å². The average molecular weight is 288 g/mol. The summed E-state index contributed by atoms with van der Waals surface area (Å²) in [5.74, 6) is 0. The first-order valence-corrected chi connectivity index (χ1v) is 5.80. The zero-order valence-electron chi connectivity index (χ0n) is 8.94. The predicted octanol–water partition coefficient (Wildman–Crippen LogP) is 3.65. The molecule has 0 aliphatic carbocycles. The van der Waals surface area contributed by atoms with Crippen LogP contribution in [0.3, 0.4) is 0 Å². The lowest BCUT2D eigenvalue weighted by atomic mass is 10.2. The predicted molar refractivity (Wildman–Crippen MR) is 73.0 cm³/mol. The van der Waals surface area contributed by atoms with Gasteiger partial charge in [-0.15, -0.1) is 0 Å². The number of nitrogens with one attached hydrogen (secondary N) is 1. The molecule has 4 heteroatoms. The topological polar surface area (TPSA) is 61.8 Å². The fourth-order valence-corrected chi connectivity index (χ4v) is 1.81. The maximum Gasteiger partial charge on any atom is 0.0991 e. The third-order valence-corrected chi connectivity index (χ3v) is 2.80. The molecule has 84 valence electrons. The van der Waals surface area contributed by atoms with Crippen LogP contribution in [0.2, 0.25) is 0 Å². The van der Waals surface area contributed by atoms with Gasteiger partial charge in [0.25, 0.3) is 0 Å². The Morgan fingerprint density at radius 1 is 1.12 bits per heavy atom. The molecule has 2 aromatic carbocycles. The number of nitrogens with two attached hydrogens (primary N) is 1. The minimum Gasteiger partial charge on any atom is -0.397 e. The summed E-state index contributed by atoms with van der Waals surface area (Å²) in [6.45, 7) is 0. The van der Waals surface area contributed by atoms with Crippen molar-refractivity contribution in [3.8, 4) is 6.07 Å². The smallest absolute Gasteiger partial charge is 0.0991 e. The van der Waals surface area contributed by atoms with Crippen molar-refractivity contribution >= 4 is 33.0 Å². The number of nitrogen functional groups attached to an aromatic ring is 1. The highest BCUT2D eigenvalue weighted by atomic mass is 79.9. The molecule has 2 aromatic rings. The summed E-state index contributed by atoms with van der Waals surface area (Å²) in [4.78, 5) is 0. The number of benzene rings is 2. The first-order valence-electron chi connectivity index (χ1n) is 5.01. The minimum absolute atomic E-state index is 0.638. The number of halogens is 1. The summed E-state index contributed by atoms with van der Waals surface area (Å²) in [6, 6.07) is 15.0. The van der Waals surface area contributed by atoms with Gasteiger partial charge in [0.05, 0.1) is 23.0 Å². The van der Waals surface area contributed by atoms with Crippen molar-refractivity contribution in [3.63, 3.8) is 0 Å². The Hall–Kier alpha value is -1.99. The average Bonchev–Trinajstić information content (AvgIpc) is 2.34. The van der Waals surface area contributed by atoms with E-state index in [4.69, 9.17) is 11.0 Å². The van der Waals surface area contributed by atoms with E-state index < -0.39 is 0 Å². The molecular weight excluding hydrogens is 278 g/mol. The van der Waals surface area contributed by atoms with Gasteiger partial charge in [0.15, 0.2) is 0 Å². The van der Waals surface area contributed by atoms with E-state index in [1.54, 1.807) is 12.1 Å². The fourth-order valence-electron chi connectivity index (χ4n) is 1.43. The molecule has 17 heavy (non-hydrogen) atoms. The Morgan fingerprint density at radius 2 is 1.82 bits per heavy atom. The summed E-state index contributed by atoms with van der Waals surface area (Å²) in [6.07, 6.45) is 0. The van der Waals surface area contributed by atoms with E-state index in [1.165, 1.54) is 0 Å². The SMILES string of the molecule is N#Cc1ccc(Nc2ccc(Br)cc2N)cc1. The standard InChI is InChI=1S/C13H10BrN3/c14-10-3-6-13(12(16)7-10)17-11-4-1-9(8-15)2-5-11/h1-7,17H,16H2. The van der Waals surface area contributed by atoms with Crippen LogP contribution >= 0.6 is 15.9 Å². The molecule has 0 bridgehead atoms. The number of nitrogens with zero attached hydrogens (tertiary/aromatic N) is 1. The molecule has 2 rings (SSSR count). The van der Waals surface area contributed by atoms with Crippen molar-refractivity contribution < 1.29 is 0 Å². The Morgan fingerprint density at radius 3 is 2.41 bits per heavy atom. The molecule has 0 radical (unpaired) electrons. The summed E-state index contributed by atoms with van der Waals surface area (Å²) >= 11 is 3.36. The molecule has 0 saturated carbocycles. The molecule has 0 fully saturated rings. The van der Waals surface area contributed by atoms with Crippen LogP contribution in [0.25, 0.3) is 0 Å². The van der Waals surface area contributed by atoms with Crippen molar-refractivity contribution in [2.24, 2.45) is 0 Å². The molecule has 0 heterocycles.